The first kappa shape index (κ1) is 15.5. The maximum Gasteiger partial charge on any atom is 0.242 e. The van der Waals surface area contributed by atoms with Crippen molar-refractivity contribution in [3.63, 3.8) is 0 Å². The van der Waals surface area contributed by atoms with E-state index in [1.807, 2.05) is 16.8 Å². The molecule has 0 aliphatic rings. The summed E-state index contributed by atoms with van der Waals surface area (Å²) < 4.78 is 28.7. The molecule has 1 aromatic carbocycles. The molecule has 7 heteroatoms. The molecule has 0 bridgehead atoms. The van der Waals surface area contributed by atoms with Gasteiger partial charge in [-0.1, -0.05) is 19.1 Å². The molecule has 2 N–H and O–H groups in total. The van der Waals surface area contributed by atoms with Crippen LogP contribution in [0.25, 0.3) is 0 Å². The Morgan fingerprint density at radius 1 is 1.29 bits per heavy atom. The lowest BCUT2D eigenvalue weighted by molar-refractivity contribution is 0.584. The second kappa shape index (κ2) is 7.24. The fourth-order valence-corrected chi connectivity index (χ4v) is 3.24. The highest BCUT2D eigenvalue weighted by atomic mass is 32.2. The molecular formula is C14H20N4O2S. The largest absolute Gasteiger partial charge is 0.384 e. The van der Waals surface area contributed by atoms with Gasteiger partial charge in [-0.3, -0.25) is 0 Å². The van der Waals surface area contributed by atoms with Gasteiger partial charge in [0.25, 0.3) is 0 Å². The molecule has 0 radical (unpaired) electrons. The van der Waals surface area contributed by atoms with Gasteiger partial charge in [0.1, 0.15) is 4.90 Å². The van der Waals surface area contributed by atoms with Crippen molar-refractivity contribution >= 4 is 15.7 Å². The van der Waals surface area contributed by atoms with E-state index in [0.29, 0.717) is 18.8 Å². The third kappa shape index (κ3) is 4.30. The molecule has 0 aliphatic heterocycles. The number of nitrogens with zero attached hydrogens (tertiary/aromatic N) is 2. The Balaban J connectivity index is 1.97. The topological polar surface area (TPSA) is 76.0 Å². The average Bonchev–Trinajstić information content (AvgIpc) is 2.97. The molecule has 1 aromatic heterocycles. The van der Waals surface area contributed by atoms with Crippen LogP contribution in [0.1, 0.15) is 13.3 Å². The predicted octanol–water partition coefficient (Wildman–Crippen LogP) is 1.68. The van der Waals surface area contributed by atoms with E-state index in [-0.39, 0.29) is 4.90 Å². The zero-order chi connectivity index (χ0) is 15.1. The zero-order valence-corrected chi connectivity index (χ0v) is 12.8. The minimum absolute atomic E-state index is 0.287. The average molecular weight is 308 g/mol. The van der Waals surface area contributed by atoms with Crippen molar-refractivity contribution in [1.82, 2.24) is 14.3 Å². The number of nitrogens with one attached hydrogen (secondary N) is 2. The van der Waals surface area contributed by atoms with Gasteiger partial charge in [0.05, 0.1) is 12.0 Å². The van der Waals surface area contributed by atoms with Crippen LogP contribution < -0.4 is 10.0 Å². The Morgan fingerprint density at radius 2 is 2.10 bits per heavy atom. The predicted molar refractivity (Wildman–Crippen MR) is 82.6 cm³/mol. The van der Waals surface area contributed by atoms with E-state index in [1.165, 1.54) is 0 Å². The monoisotopic (exact) mass is 308 g/mol. The summed E-state index contributed by atoms with van der Waals surface area (Å²) in [4.78, 5) is 4.27. The lowest BCUT2D eigenvalue weighted by Crippen LogP contribution is -2.24. The number of hydrogen-bond acceptors (Lipinski definition) is 4. The summed E-state index contributed by atoms with van der Waals surface area (Å²) in [5.74, 6) is 0. The second-order valence-corrected chi connectivity index (χ2v) is 6.31. The number of aryl methyl sites for hydroxylation is 1. The van der Waals surface area contributed by atoms with E-state index in [2.05, 4.69) is 15.0 Å². The molecule has 0 saturated carbocycles. The maximum atomic E-state index is 12.1. The number of rotatable bonds is 8. The van der Waals surface area contributed by atoms with Crippen LogP contribution >= 0.6 is 0 Å². The lowest BCUT2D eigenvalue weighted by Gasteiger charge is -2.12. The van der Waals surface area contributed by atoms with Crippen molar-refractivity contribution in [2.45, 2.75) is 24.8 Å². The third-order valence-electron chi connectivity index (χ3n) is 2.98. The maximum absolute atomic E-state index is 12.1. The first-order valence-electron chi connectivity index (χ1n) is 6.92. The minimum Gasteiger partial charge on any atom is -0.384 e. The number of imidazole rings is 1. The third-order valence-corrected chi connectivity index (χ3v) is 4.58. The zero-order valence-electron chi connectivity index (χ0n) is 12.0. The van der Waals surface area contributed by atoms with Crippen LogP contribution in [0.4, 0.5) is 5.69 Å². The van der Waals surface area contributed by atoms with Crippen molar-refractivity contribution in [3.8, 4) is 0 Å². The fourth-order valence-electron chi connectivity index (χ4n) is 2.02. The number of anilines is 1. The van der Waals surface area contributed by atoms with E-state index in [1.54, 1.807) is 37.6 Å². The van der Waals surface area contributed by atoms with Gasteiger partial charge in [-0.2, -0.15) is 0 Å². The molecule has 0 spiro atoms. The van der Waals surface area contributed by atoms with Crippen LogP contribution in [0.2, 0.25) is 0 Å². The van der Waals surface area contributed by atoms with Crippen molar-refractivity contribution in [1.29, 1.82) is 0 Å². The molecule has 21 heavy (non-hydrogen) atoms. The Bertz CT molecular complexity index is 653. The molecular weight excluding hydrogens is 288 g/mol. The fraction of sp³-hybridized carbons (Fsp3) is 0.357. The highest BCUT2D eigenvalue weighted by Gasteiger charge is 2.16. The molecule has 0 saturated heterocycles. The molecule has 0 aliphatic carbocycles. The Hall–Kier alpha value is -1.86. The summed E-state index contributed by atoms with van der Waals surface area (Å²) in [6, 6.07) is 6.93. The van der Waals surface area contributed by atoms with Crippen LogP contribution in [0.5, 0.6) is 0 Å². The van der Waals surface area contributed by atoms with Gasteiger partial charge < -0.3 is 9.88 Å². The van der Waals surface area contributed by atoms with Crippen LogP contribution in [0.3, 0.4) is 0 Å². The van der Waals surface area contributed by atoms with Crippen molar-refractivity contribution in [3.05, 3.63) is 43.0 Å². The number of hydrogen-bond donors (Lipinski definition) is 2. The molecule has 0 unspecified atom stereocenters. The molecule has 2 rings (SSSR count). The van der Waals surface area contributed by atoms with E-state index in [0.717, 1.165) is 13.0 Å². The summed E-state index contributed by atoms with van der Waals surface area (Å²) in [6.45, 7) is 3.67. The SMILES string of the molecule is CCNS(=O)(=O)c1ccccc1NCCCn1ccnc1. The standard InChI is InChI=1S/C14H20N4O2S/c1-2-17-21(19,20)14-7-4-3-6-13(14)16-8-5-10-18-11-9-15-12-18/h3-4,6-7,9,11-12,16-17H,2,5,8,10H2,1H3. The highest BCUT2D eigenvalue weighted by molar-refractivity contribution is 7.89. The van der Waals surface area contributed by atoms with Crippen LogP contribution in [-0.2, 0) is 16.6 Å². The van der Waals surface area contributed by atoms with E-state index in [9.17, 15) is 8.42 Å². The van der Waals surface area contributed by atoms with Crippen LogP contribution in [0.15, 0.2) is 47.9 Å². The first-order chi connectivity index (χ1) is 10.1. The molecule has 114 valence electrons. The number of sulfonamides is 1. The summed E-state index contributed by atoms with van der Waals surface area (Å²) >= 11 is 0. The summed E-state index contributed by atoms with van der Waals surface area (Å²) in [5.41, 5.74) is 0.629. The van der Waals surface area contributed by atoms with Crippen molar-refractivity contribution in [2.75, 3.05) is 18.4 Å². The highest BCUT2D eigenvalue weighted by Crippen LogP contribution is 2.20. The van der Waals surface area contributed by atoms with Crippen LogP contribution in [0, 0.1) is 0 Å². The van der Waals surface area contributed by atoms with E-state index in [4.69, 9.17) is 0 Å². The molecule has 0 amide bonds. The summed E-state index contributed by atoms with van der Waals surface area (Å²) in [5, 5.41) is 3.19. The Kier molecular flexibility index (Phi) is 5.35. The van der Waals surface area contributed by atoms with E-state index < -0.39 is 10.0 Å². The van der Waals surface area contributed by atoms with Gasteiger partial charge in [-0.05, 0) is 18.6 Å². The summed E-state index contributed by atoms with van der Waals surface area (Å²) in [7, 11) is -3.45. The lowest BCUT2D eigenvalue weighted by atomic mass is 10.3. The van der Waals surface area contributed by atoms with Gasteiger partial charge in [-0.15, -0.1) is 0 Å². The van der Waals surface area contributed by atoms with Gasteiger partial charge >= 0.3 is 0 Å². The molecule has 0 atom stereocenters. The Morgan fingerprint density at radius 3 is 2.81 bits per heavy atom. The van der Waals surface area contributed by atoms with E-state index >= 15 is 0 Å². The van der Waals surface area contributed by atoms with Crippen molar-refractivity contribution < 1.29 is 8.42 Å². The quantitative estimate of drug-likeness (QED) is 0.728. The molecule has 0 fully saturated rings. The van der Waals surface area contributed by atoms with Gasteiger partial charge in [0, 0.05) is 32.0 Å². The molecule has 1 heterocycles. The van der Waals surface area contributed by atoms with Gasteiger partial charge in [-0.25, -0.2) is 18.1 Å². The number of aromatic nitrogens is 2. The Labute approximate surface area is 125 Å². The second-order valence-electron chi connectivity index (χ2n) is 4.58. The number of para-hydroxylation sites is 1. The van der Waals surface area contributed by atoms with Crippen molar-refractivity contribution in [2.24, 2.45) is 0 Å². The summed E-state index contributed by atoms with van der Waals surface area (Å²) in [6.07, 6.45) is 6.30. The molecule has 6 nitrogen and oxygen atoms in total. The van der Waals surface area contributed by atoms with Gasteiger partial charge in [0.2, 0.25) is 10.0 Å². The normalized spacial score (nSPS) is 11.5. The van der Waals surface area contributed by atoms with Crippen LogP contribution in [-0.4, -0.2) is 31.1 Å². The minimum atomic E-state index is -3.45. The van der Waals surface area contributed by atoms with Gasteiger partial charge in [0.15, 0.2) is 0 Å². The smallest absolute Gasteiger partial charge is 0.242 e. The number of benzene rings is 1. The first-order valence-corrected chi connectivity index (χ1v) is 8.40. The molecule has 2 aromatic rings.